The van der Waals surface area contributed by atoms with Crippen LogP contribution >= 0.6 is 11.6 Å². The van der Waals surface area contributed by atoms with Crippen LogP contribution in [0.1, 0.15) is 42.4 Å². The molecule has 6 heteroatoms. The summed E-state index contributed by atoms with van der Waals surface area (Å²) in [7, 11) is 0. The van der Waals surface area contributed by atoms with Gasteiger partial charge in [0, 0.05) is 36.6 Å². The van der Waals surface area contributed by atoms with E-state index in [1.807, 2.05) is 33.7 Å². The van der Waals surface area contributed by atoms with E-state index in [1.165, 1.54) is 0 Å². The van der Waals surface area contributed by atoms with Gasteiger partial charge in [0.1, 0.15) is 5.82 Å². The number of likely N-dealkylation sites (tertiary alicyclic amines) is 1. The largest absolute Gasteiger partial charge is 0.339 e. The Kier molecular flexibility index (Phi) is 6.18. The number of hydrogen-bond acceptors (Lipinski definition) is 3. The number of rotatable bonds is 5. The molecule has 156 valence electrons. The Labute approximate surface area is 181 Å². The highest BCUT2D eigenvalue weighted by Gasteiger charge is 2.25. The van der Waals surface area contributed by atoms with Crippen LogP contribution in [0.25, 0.3) is 10.9 Å². The standard InChI is InChI=1S/C24H26ClN3O2/c1-2-5-22-26-21-7-4-3-6-20(21)24(30)28(22)16-17-12-14-27(15-13-17)23(29)18-8-10-19(25)11-9-18/h3-4,6-11,17H,2,5,12-16H2,1H3. The minimum absolute atomic E-state index is 0.0429. The van der Waals surface area contributed by atoms with Crippen LogP contribution in [0.3, 0.4) is 0 Å². The molecule has 4 rings (SSSR count). The number of benzene rings is 2. The summed E-state index contributed by atoms with van der Waals surface area (Å²) in [6.45, 7) is 4.16. The average molecular weight is 424 g/mol. The van der Waals surface area contributed by atoms with Gasteiger partial charge in [-0.2, -0.15) is 0 Å². The Morgan fingerprint density at radius 2 is 1.80 bits per heavy atom. The Morgan fingerprint density at radius 1 is 1.10 bits per heavy atom. The highest BCUT2D eigenvalue weighted by atomic mass is 35.5. The Hall–Kier alpha value is -2.66. The van der Waals surface area contributed by atoms with Crippen LogP contribution in [-0.2, 0) is 13.0 Å². The monoisotopic (exact) mass is 423 g/mol. The van der Waals surface area contributed by atoms with Crippen LogP contribution in [0.15, 0.2) is 53.3 Å². The van der Waals surface area contributed by atoms with Crippen molar-refractivity contribution in [3.63, 3.8) is 0 Å². The number of aromatic nitrogens is 2. The molecule has 3 aromatic rings. The number of para-hydroxylation sites is 1. The maximum Gasteiger partial charge on any atom is 0.261 e. The molecule has 0 atom stereocenters. The molecular formula is C24H26ClN3O2. The first-order valence-corrected chi connectivity index (χ1v) is 11.0. The van der Waals surface area contributed by atoms with E-state index >= 15 is 0 Å². The molecule has 0 saturated carbocycles. The van der Waals surface area contributed by atoms with Crippen LogP contribution in [-0.4, -0.2) is 33.4 Å². The fourth-order valence-corrected chi connectivity index (χ4v) is 4.29. The number of carbonyl (C=O) groups excluding carboxylic acids is 1. The number of fused-ring (bicyclic) bond motifs is 1. The topological polar surface area (TPSA) is 55.2 Å². The van der Waals surface area contributed by atoms with Crippen molar-refractivity contribution in [3.05, 3.63) is 75.3 Å². The predicted molar refractivity (Wildman–Crippen MR) is 120 cm³/mol. The Bertz CT molecular complexity index is 1100. The highest BCUT2D eigenvalue weighted by Crippen LogP contribution is 2.22. The molecule has 0 unspecified atom stereocenters. The molecule has 0 spiro atoms. The molecule has 2 aromatic carbocycles. The van der Waals surface area contributed by atoms with Crippen molar-refractivity contribution in [1.82, 2.24) is 14.5 Å². The van der Waals surface area contributed by atoms with E-state index < -0.39 is 0 Å². The van der Waals surface area contributed by atoms with Crippen LogP contribution in [0.5, 0.6) is 0 Å². The van der Waals surface area contributed by atoms with Crippen LogP contribution in [0, 0.1) is 5.92 Å². The van der Waals surface area contributed by atoms with Gasteiger partial charge in [0.2, 0.25) is 0 Å². The van der Waals surface area contributed by atoms with Gasteiger partial charge in [0.05, 0.1) is 10.9 Å². The summed E-state index contributed by atoms with van der Waals surface area (Å²) >= 11 is 5.92. The molecule has 0 aliphatic carbocycles. The second-order valence-corrected chi connectivity index (χ2v) is 8.39. The van der Waals surface area contributed by atoms with Gasteiger partial charge in [-0.15, -0.1) is 0 Å². The quantitative estimate of drug-likeness (QED) is 0.604. The fraction of sp³-hybridized carbons (Fsp3) is 0.375. The number of hydrogen-bond donors (Lipinski definition) is 0. The van der Waals surface area contributed by atoms with Gasteiger partial charge in [0.15, 0.2) is 0 Å². The van der Waals surface area contributed by atoms with E-state index in [0.29, 0.717) is 41.5 Å². The molecule has 1 aliphatic rings. The van der Waals surface area contributed by atoms with Gasteiger partial charge in [-0.1, -0.05) is 30.7 Å². The normalized spacial score (nSPS) is 14.9. The van der Waals surface area contributed by atoms with Gasteiger partial charge >= 0.3 is 0 Å². The van der Waals surface area contributed by atoms with Gasteiger partial charge in [0.25, 0.3) is 11.5 Å². The molecule has 0 radical (unpaired) electrons. The molecule has 1 aromatic heterocycles. The number of halogens is 1. The molecule has 1 amide bonds. The third-order valence-electron chi connectivity index (χ3n) is 5.85. The summed E-state index contributed by atoms with van der Waals surface area (Å²) in [5.41, 5.74) is 1.48. The van der Waals surface area contributed by atoms with E-state index in [2.05, 4.69) is 6.92 Å². The minimum atomic E-state index is 0.0429. The maximum absolute atomic E-state index is 13.1. The Morgan fingerprint density at radius 3 is 2.50 bits per heavy atom. The van der Waals surface area contributed by atoms with Crippen LogP contribution < -0.4 is 5.56 Å². The first kappa shape index (κ1) is 20.6. The Balaban J connectivity index is 1.48. The predicted octanol–water partition coefficient (Wildman–Crippen LogP) is 4.55. The van der Waals surface area contributed by atoms with E-state index in [4.69, 9.17) is 16.6 Å². The number of nitrogens with zero attached hydrogens (tertiary/aromatic N) is 3. The second kappa shape index (κ2) is 9.00. The zero-order valence-electron chi connectivity index (χ0n) is 17.2. The lowest BCUT2D eigenvalue weighted by atomic mass is 9.96. The van der Waals surface area contributed by atoms with E-state index in [-0.39, 0.29) is 11.5 Å². The number of amides is 1. The van der Waals surface area contributed by atoms with Crippen molar-refractivity contribution >= 4 is 28.4 Å². The maximum atomic E-state index is 13.1. The average Bonchev–Trinajstić information content (AvgIpc) is 2.77. The van der Waals surface area contributed by atoms with Crippen molar-refractivity contribution in [2.24, 2.45) is 5.92 Å². The first-order chi connectivity index (χ1) is 14.6. The summed E-state index contributed by atoms with van der Waals surface area (Å²) in [5.74, 6) is 1.26. The summed E-state index contributed by atoms with van der Waals surface area (Å²) < 4.78 is 1.87. The third-order valence-corrected chi connectivity index (χ3v) is 6.10. The third kappa shape index (κ3) is 4.26. The van der Waals surface area contributed by atoms with Crippen molar-refractivity contribution in [2.75, 3.05) is 13.1 Å². The van der Waals surface area contributed by atoms with Crippen molar-refractivity contribution < 1.29 is 4.79 Å². The van der Waals surface area contributed by atoms with Gasteiger partial charge in [-0.3, -0.25) is 14.2 Å². The fourth-order valence-electron chi connectivity index (χ4n) is 4.17. The SMILES string of the molecule is CCCc1nc2ccccc2c(=O)n1CC1CCN(C(=O)c2ccc(Cl)cc2)CC1. The smallest absolute Gasteiger partial charge is 0.261 e. The molecule has 2 heterocycles. The highest BCUT2D eigenvalue weighted by molar-refractivity contribution is 6.30. The molecule has 1 aliphatic heterocycles. The zero-order chi connectivity index (χ0) is 21.1. The summed E-state index contributed by atoms with van der Waals surface area (Å²) in [5, 5.41) is 1.30. The number of carbonyl (C=O) groups is 1. The number of aryl methyl sites for hydroxylation is 1. The first-order valence-electron chi connectivity index (χ1n) is 10.6. The summed E-state index contributed by atoms with van der Waals surface area (Å²) in [6, 6.07) is 14.6. The van der Waals surface area contributed by atoms with Gasteiger partial charge in [-0.25, -0.2) is 4.98 Å². The van der Waals surface area contributed by atoms with E-state index in [9.17, 15) is 9.59 Å². The van der Waals surface area contributed by atoms with E-state index in [1.54, 1.807) is 24.3 Å². The van der Waals surface area contributed by atoms with Crippen molar-refractivity contribution in [1.29, 1.82) is 0 Å². The van der Waals surface area contributed by atoms with Crippen LogP contribution in [0.2, 0.25) is 5.02 Å². The molecule has 0 bridgehead atoms. The molecule has 0 N–H and O–H groups in total. The number of piperidine rings is 1. The minimum Gasteiger partial charge on any atom is -0.339 e. The van der Waals surface area contributed by atoms with Crippen molar-refractivity contribution in [2.45, 2.75) is 39.2 Å². The summed E-state index contributed by atoms with van der Waals surface area (Å²) in [4.78, 5) is 32.5. The van der Waals surface area contributed by atoms with Crippen LogP contribution in [0.4, 0.5) is 0 Å². The molecule has 1 saturated heterocycles. The summed E-state index contributed by atoms with van der Waals surface area (Å²) in [6.07, 6.45) is 3.49. The zero-order valence-corrected chi connectivity index (χ0v) is 17.9. The molecule has 5 nitrogen and oxygen atoms in total. The van der Waals surface area contributed by atoms with E-state index in [0.717, 1.165) is 37.0 Å². The lowest BCUT2D eigenvalue weighted by Gasteiger charge is -2.32. The second-order valence-electron chi connectivity index (χ2n) is 7.95. The van der Waals surface area contributed by atoms with Crippen molar-refractivity contribution in [3.8, 4) is 0 Å². The lowest BCUT2D eigenvalue weighted by Crippen LogP contribution is -2.40. The molecular weight excluding hydrogens is 398 g/mol. The lowest BCUT2D eigenvalue weighted by molar-refractivity contribution is 0.0682. The van der Waals surface area contributed by atoms with Gasteiger partial charge in [-0.05, 0) is 61.6 Å². The van der Waals surface area contributed by atoms with Gasteiger partial charge < -0.3 is 4.90 Å². The molecule has 30 heavy (non-hydrogen) atoms. The molecule has 1 fully saturated rings.